The van der Waals surface area contributed by atoms with Crippen molar-refractivity contribution in [3.8, 4) is 0 Å². The average molecular weight is 171 g/mol. The highest BCUT2D eigenvalue weighted by atomic mass is 14.6. The van der Waals surface area contributed by atoms with Gasteiger partial charge in [0.2, 0.25) is 0 Å². The Morgan fingerprint density at radius 2 is 1.67 bits per heavy atom. The summed E-state index contributed by atoms with van der Waals surface area (Å²) in [5, 5.41) is 0. The van der Waals surface area contributed by atoms with E-state index >= 15 is 0 Å². The third-order valence-corrected chi connectivity index (χ3v) is 2.26. The Hall–Kier alpha value is -0.0400. The fourth-order valence-corrected chi connectivity index (χ4v) is 1.83. The lowest BCUT2D eigenvalue weighted by Gasteiger charge is -2.18. The van der Waals surface area contributed by atoms with Crippen molar-refractivity contribution < 1.29 is 0 Å². The van der Waals surface area contributed by atoms with Gasteiger partial charge in [0.25, 0.3) is 0 Å². The number of hydrogen-bond donors (Lipinski definition) is 1. The zero-order valence-electron chi connectivity index (χ0n) is 9.14. The largest absolute Gasteiger partial charge is 0.328 e. The van der Waals surface area contributed by atoms with Crippen LogP contribution >= 0.6 is 0 Å². The maximum atomic E-state index is 6.01. The standard InChI is InChI=1S/C11H25N/c1-5-6-10(4)8-11(12)7-9(2)3/h9-11H,5-8,12H2,1-4H3. The molecule has 0 aliphatic rings. The van der Waals surface area contributed by atoms with Gasteiger partial charge in [-0.25, -0.2) is 0 Å². The van der Waals surface area contributed by atoms with Crippen molar-refractivity contribution in [2.45, 2.75) is 59.4 Å². The zero-order valence-corrected chi connectivity index (χ0v) is 9.14. The van der Waals surface area contributed by atoms with E-state index in [2.05, 4.69) is 27.7 Å². The molecule has 0 aromatic rings. The molecule has 0 aliphatic heterocycles. The summed E-state index contributed by atoms with van der Waals surface area (Å²) in [5.74, 6) is 1.55. The van der Waals surface area contributed by atoms with Crippen molar-refractivity contribution >= 4 is 0 Å². The summed E-state index contributed by atoms with van der Waals surface area (Å²) in [6.07, 6.45) is 4.99. The first-order chi connectivity index (χ1) is 5.56. The van der Waals surface area contributed by atoms with Gasteiger partial charge < -0.3 is 5.73 Å². The van der Waals surface area contributed by atoms with Gasteiger partial charge in [0.1, 0.15) is 0 Å². The first kappa shape index (κ1) is 12.0. The lowest BCUT2D eigenvalue weighted by Crippen LogP contribution is -2.24. The second kappa shape index (κ2) is 6.47. The molecule has 74 valence electrons. The number of nitrogens with two attached hydrogens (primary N) is 1. The molecule has 0 saturated heterocycles. The topological polar surface area (TPSA) is 26.0 Å². The second-order valence-corrected chi connectivity index (χ2v) is 4.52. The van der Waals surface area contributed by atoms with Crippen LogP contribution in [0.1, 0.15) is 53.4 Å². The minimum absolute atomic E-state index is 0.423. The van der Waals surface area contributed by atoms with Crippen LogP contribution in [0.4, 0.5) is 0 Å². The smallest absolute Gasteiger partial charge is 0.00437 e. The van der Waals surface area contributed by atoms with Crippen LogP contribution in [-0.4, -0.2) is 6.04 Å². The Morgan fingerprint density at radius 1 is 1.08 bits per heavy atom. The molecule has 0 spiro atoms. The Morgan fingerprint density at radius 3 is 2.08 bits per heavy atom. The van der Waals surface area contributed by atoms with Gasteiger partial charge in [0.05, 0.1) is 0 Å². The van der Waals surface area contributed by atoms with E-state index in [1.165, 1.54) is 25.7 Å². The van der Waals surface area contributed by atoms with E-state index in [4.69, 9.17) is 5.73 Å². The molecular formula is C11H25N. The molecule has 0 bridgehead atoms. The summed E-state index contributed by atoms with van der Waals surface area (Å²) in [6, 6.07) is 0.423. The predicted octanol–water partition coefficient (Wildman–Crippen LogP) is 3.19. The van der Waals surface area contributed by atoms with Crippen LogP contribution in [0.25, 0.3) is 0 Å². The molecule has 0 fully saturated rings. The third-order valence-electron chi connectivity index (χ3n) is 2.26. The average Bonchev–Trinajstić information content (AvgIpc) is 1.84. The van der Waals surface area contributed by atoms with Crippen LogP contribution < -0.4 is 5.73 Å². The Labute approximate surface area is 77.7 Å². The zero-order chi connectivity index (χ0) is 9.56. The molecule has 1 heteroatoms. The van der Waals surface area contributed by atoms with Gasteiger partial charge in [-0.3, -0.25) is 0 Å². The molecule has 0 aromatic heterocycles. The van der Waals surface area contributed by atoms with Crippen LogP contribution in [0.15, 0.2) is 0 Å². The van der Waals surface area contributed by atoms with Crippen LogP contribution in [0.3, 0.4) is 0 Å². The summed E-state index contributed by atoms with van der Waals surface area (Å²) < 4.78 is 0. The van der Waals surface area contributed by atoms with E-state index in [9.17, 15) is 0 Å². The van der Waals surface area contributed by atoms with Crippen molar-refractivity contribution in [3.63, 3.8) is 0 Å². The second-order valence-electron chi connectivity index (χ2n) is 4.52. The quantitative estimate of drug-likeness (QED) is 0.652. The molecule has 12 heavy (non-hydrogen) atoms. The highest BCUT2D eigenvalue weighted by molar-refractivity contribution is 4.67. The lowest BCUT2D eigenvalue weighted by molar-refractivity contribution is 0.388. The van der Waals surface area contributed by atoms with Gasteiger partial charge in [-0.1, -0.05) is 40.5 Å². The van der Waals surface area contributed by atoms with Crippen LogP contribution in [0.2, 0.25) is 0 Å². The minimum atomic E-state index is 0.423. The summed E-state index contributed by atoms with van der Waals surface area (Å²) in [4.78, 5) is 0. The fraction of sp³-hybridized carbons (Fsp3) is 1.00. The highest BCUT2D eigenvalue weighted by Gasteiger charge is 2.09. The van der Waals surface area contributed by atoms with E-state index in [1.54, 1.807) is 0 Å². The summed E-state index contributed by atoms with van der Waals surface area (Å²) in [5.41, 5.74) is 6.01. The van der Waals surface area contributed by atoms with Gasteiger partial charge in [-0.15, -0.1) is 0 Å². The third kappa shape index (κ3) is 6.66. The predicted molar refractivity (Wildman–Crippen MR) is 56.1 cm³/mol. The lowest BCUT2D eigenvalue weighted by atomic mass is 9.93. The normalized spacial score (nSPS) is 16.5. The Kier molecular flexibility index (Phi) is 6.45. The molecule has 0 saturated carbocycles. The number of rotatable bonds is 6. The minimum Gasteiger partial charge on any atom is -0.328 e. The molecule has 0 rings (SSSR count). The molecule has 0 aliphatic carbocycles. The number of hydrogen-bond acceptors (Lipinski definition) is 1. The van der Waals surface area contributed by atoms with Crippen LogP contribution in [0.5, 0.6) is 0 Å². The summed E-state index contributed by atoms with van der Waals surface area (Å²) in [6.45, 7) is 9.03. The van der Waals surface area contributed by atoms with E-state index < -0.39 is 0 Å². The van der Waals surface area contributed by atoms with Gasteiger partial charge >= 0.3 is 0 Å². The Bertz CT molecular complexity index is 99.2. The first-order valence-corrected chi connectivity index (χ1v) is 5.31. The van der Waals surface area contributed by atoms with Gasteiger partial charge in [0, 0.05) is 6.04 Å². The molecule has 2 atom stereocenters. The van der Waals surface area contributed by atoms with Gasteiger partial charge in [-0.2, -0.15) is 0 Å². The molecule has 0 amide bonds. The van der Waals surface area contributed by atoms with Gasteiger partial charge in [0.15, 0.2) is 0 Å². The molecule has 0 heterocycles. The molecular weight excluding hydrogens is 146 g/mol. The van der Waals surface area contributed by atoms with Crippen LogP contribution in [0, 0.1) is 11.8 Å². The van der Waals surface area contributed by atoms with Gasteiger partial charge in [-0.05, 0) is 24.7 Å². The van der Waals surface area contributed by atoms with Crippen molar-refractivity contribution in [1.82, 2.24) is 0 Å². The summed E-state index contributed by atoms with van der Waals surface area (Å²) >= 11 is 0. The molecule has 0 radical (unpaired) electrons. The Balaban J connectivity index is 3.46. The van der Waals surface area contributed by atoms with E-state index in [1.807, 2.05) is 0 Å². The first-order valence-electron chi connectivity index (χ1n) is 5.31. The van der Waals surface area contributed by atoms with Crippen molar-refractivity contribution in [1.29, 1.82) is 0 Å². The summed E-state index contributed by atoms with van der Waals surface area (Å²) in [7, 11) is 0. The van der Waals surface area contributed by atoms with E-state index in [0.29, 0.717) is 6.04 Å². The molecule has 1 nitrogen and oxygen atoms in total. The van der Waals surface area contributed by atoms with Crippen molar-refractivity contribution in [2.75, 3.05) is 0 Å². The van der Waals surface area contributed by atoms with E-state index in [-0.39, 0.29) is 0 Å². The maximum absolute atomic E-state index is 6.01. The SMILES string of the molecule is CCCC(C)CC(N)CC(C)C. The van der Waals surface area contributed by atoms with E-state index in [0.717, 1.165) is 11.8 Å². The van der Waals surface area contributed by atoms with Crippen molar-refractivity contribution in [2.24, 2.45) is 17.6 Å². The molecule has 2 unspecified atom stereocenters. The monoisotopic (exact) mass is 171 g/mol. The molecule has 2 N–H and O–H groups in total. The van der Waals surface area contributed by atoms with Crippen LogP contribution in [-0.2, 0) is 0 Å². The highest BCUT2D eigenvalue weighted by Crippen LogP contribution is 2.15. The fourth-order valence-electron chi connectivity index (χ4n) is 1.83. The maximum Gasteiger partial charge on any atom is 0.00437 e. The molecule has 0 aromatic carbocycles. The van der Waals surface area contributed by atoms with Crippen molar-refractivity contribution in [3.05, 3.63) is 0 Å².